The molecule has 0 amide bonds. The number of hydrogen-bond donors (Lipinski definition) is 1. The van der Waals surface area contributed by atoms with Gasteiger partial charge in [0.25, 0.3) is 0 Å². The van der Waals surface area contributed by atoms with Crippen LogP contribution < -0.4 is 0 Å². The molecular weight excluding hydrogens is 262 g/mol. The molecule has 0 bridgehead atoms. The lowest BCUT2D eigenvalue weighted by Crippen LogP contribution is -2.28. The van der Waals surface area contributed by atoms with Gasteiger partial charge in [0.15, 0.2) is 0 Å². The summed E-state index contributed by atoms with van der Waals surface area (Å²) < 4.78 is 0. The zero-order valence-corrected chi connectivity index (χ0v) is 12.1. The Bertz CT molecular complexity index is 540. The van der Waals surface area contributed by atoms with Crippen molar-refractivity contribution in [1.82, 2.24) is 4.90 Å². The van der Waals surface area contributed by atoms with Crippen LogP contribution in [0, 0.1) is 0 Å². The third-order valence-corrected chi connectivity index (χ3v) is 3.45. The molecule has 2 rings (SSSR count). The SMILES string of the molecule is O=C(O)CCN(CCc1ccccc1)Cc1ccccc1. The van der Waals surface area contributed by atoms with Crippen LogP contribution >= 0.6 is 0 Å². The molecule has 2 aromatic rings. The maximum Gasteiger partial charge on any atom is 0.304 e. The van der Waals surface area contributed by atoms with E-state index >= 15 is 0 Å². The molecule has 0 saturated heterocycles. The molecule has 0 fully saturated rings. The molecule has 0 saturated carbocycles. The van der Waals surface area contributed by atoms with E-state index in [0.29, 0.717) is 6.54 Å². The largest absolute Gasteiger partial charge is 0.481 e. The summed E-state index contributed by atoms with van der Waals surface area (Å²) in [6.45, 7) is 2.24. The van der Waals surface area contributed by atoms with E-state index in [2.05, 4.69) is 29.2 Å². The summed E-state index contributed by atoms with van der Waals surface area (Å²) >= 11 is 0. The molecule has 0 aliphatic rings. The van der Waals surface area contributed by atoms with Gasteiger partial charge in [0, 0.05) is 19.6 Å². The van der Waals surface area contributed by atoms with Gasteiger partial charge in [-0.2, -0.15) is 0 Å². The number of benzene rings is 2. The summed E-state index contributed by atoms with van der Waals surface area (Å²) in [5.41, 5.74) is 2.50. The highest BCUT2D eigenvalue weighted by Gasteiger charge is 2.08. The van der Waals surface area contributed by atoms with Crippen LogP contribution in [0.15, 0.2) is 60.7 Å². The molecule has 3 heteroatoms. The van der Waals surface area contributed by atoms with Crippen LogP contribution in [0.1, 0.15) is 17.5 Å². The number of carboxylic acid groups (broad SMARTS) is 1. The van der Waals surface area contributed by atoms with Gasteiger partial charge in [-0.25, -0.2) is 0 Å². The van der Waals surface area contributed by atoms with Crippen molar-refractivity contribution in [2.45, 2.75) is 19.4 Å². The van der Waals surface area contributed by atoms with Crippen LogP contribution in [-0.4, -0.2) is 29.1 Å². The van der Waals surface area contributed by atoms with Gasteiger partial charge in [-0.15, -0.1) is 0 Å². The Labute approximate surface area is 125 Å². The first-order chi connectivity index (χ1) is 10.2. The van der Waals surface area contributed by atoms with E-state index in [1.807, 2.05) is 36.4 Å². The second-order valence-corrected chi connectivity index (χ2v) is 5.14. The zero-order chi connectivity index (χ0) is 14.9. The lowest BCUT2D eigenvalue weighted by atomic mass is 10.1. The fourth-order valence-electron chi connectivity index (χ4n) is 2.30. The van der Waals surface area contributed by atoms with E-state index in [4.69, 9.17) is 5.11 Å². The second kappa shape index (κ2) is 8.22. The van der Waals surface area contributed by atoms with Crippen molar-refractivity contribution in [1.29, 1.82) is 0 Å². The van der Waals surface area contributed by atoms with Crippen LogP contribution in [0.4, 0.5) is 0 Å². The van der Waals surface area contributed by atoms with Crippen molar-refractivity contribution >= 4 is 5.97 Å². The third-order valence-electron chi connectivity index (χ3n) is 3.45. The summed E-state index contributed by atoms with van der Waals surface area (Å²) in [6, 6.07) is 20.5. The summed E-state index contributed by atoms with van der Waals surface area (Å²) in [7, 11) is 0. The Morgan fingerprint density at radius 3 is 2.00 bits per heavy atom. The van der Waals surface area contributed by atoms with Gasteiger partial charge >= 0.3 is 5.97 Å². The number of nitrogens with zero attached hydrogens (tertiary/aromatic N) is 1. The molecule has 0 heterocycles. The van der Waals surface area contributed by atoms with E-state index in [9.17, 15) is 4.79 Å². The van der Waals surface area contributed by atoms with Gasteiger partial charge in [0.2, 0.25) is 0 Å². The summed E-state index contributed by atoms with van der Waals surface area (Å²) in [5, 5.41) is 8.89. The first-order valence-corrected chi connectivity index (χ1v) is 7.26. The van der Waals surface area contributed by atoms with Gasteiger partial charge in [-0.1, -0.05) is 60.7 Å². The predicted octanol–water partition coefficient (Wildman–Crippen LogP) is 3.21. The van der Waals surface area contributed by atoms with Crippen molar-refractivity contribution < 1.29 is 9.90 Å². The molecule has 3 nitrogen and oxygen atoms in total. The van der Waals surface area contributed by atoms with Crippen LogP contribution in [0.3, 0.4) is 0 Å². The Hall–Kier alpha value is -2.13. The van der Waals surface area contributed by atoms with Gasteiger partial charge in [0.1, 0.15) is 0 Å². The maximum atomic E-state index is 10.8. The van der Waals surface area contributed by atoms with E-state index in [1.54, 1.807) is 0 Å². The lowest BCUT2D eigenvalue weighted by molar-refractivity contribution is -0.137. The minimum atomic E-state index is -0.743. The molecule has 0 unspecified atom stereocenters. The van der Waals surface area contributed by atoms with E-state index in [1.165, 1.54) is 11.1 Å². The van der Waals surface area contributed by atoms with E-state index in [0.717, 1.165) is 19.5 Å². The van der Waals surface area contributed by atoms with Crippen molar-refractivity contribution in [2.24, 2.45) is 0 Å². The normalized spacial score (nSPS) is 10.7. The van der Waals surface area contributed by atoms with Crippen molar-refractivity contribution in [3.8, 4) is 0 Å². The van der Waals surface area contributed by atoms with Gasteiger partial charge in [-0.05, 0) is 17.5 Å². The quantitative estimate of drug-likeness (QED) is 0.808. The second-order valence-electron chi connectivity index (χ2n) is 5.14. The van der Waals surface area contributed by atoms with Crippen LogP contribution in [-0.2, 0) is 17.8 Å². The molecule has 21 heavy (non-hydrogen) atoms. The summed E-state index contributed by atoms with van der Waals surface area (Å²) in [6.07, 6.45) is 1.12. The number of aliphatic carboxylic acids is 1. The van der Waals surface area contributed by atoms with Crippen LogP contribution in [0.5, 0.6) is 0 Å². The molecule has 0 aliphatic heterocycles. The average molecular weight is 283 g/mol. The maximum absolute atomic E-state index is 10.8. The molecule has 0 aliphatic carbocycles. The Morgan fingerprint density at radius 2 is 1.43 bits per heavy atom. The number of rotatable bonds is 8. The highest BCUT2D eigenvalue weighted by Crippen LogP contribution is 2.08. The summed E-state index contributed by atoms with van der Waals surface area (Å²) in [4.78, 5) is 13.0. The molecule has 0 atom stereocenters. The number of hydrogen-bond acceptors (Lipinski definition) is 2. The highest BCUT2D eigenvalue weighted by atomic mass is 16.4. The van der Waals surface area contributed by atoms with Gasteiger partial charge in [0.05, 0.1) is 6.42 Å². The molecule has 2 aromatic carbocycles. The Balaban J connectivity index is 1.93. The molecule has 1 N–H and O–H groups in total. The lowest BCUT2D eigenvalue weighted by Gasteiger charge is -2.21. The zero-order valence-electron chi connectivity index (χ0n) is 12.1. The van der Waals surface area contributed by atoms with Crippen LogP contribution in [0.2, 0.25) is 0 Å². The average Bonchev–Trinajstić information content (AvgIpc) is 2.52. The third kappa shape index (κ3) is 5.79. The molecule has 0 aromatic heterocycles. The summed E-state index contributed by atoms with van der Waals surface area (Å²) in [5.74, 6) is -0.743. The first kappa shape index (κ1) is 15.3. The van der Waals surface area contributed by atoms with E-state index < -0.39 is 5.97 Å². The highest BCUT2D eigenvalue weighted by molar-refractivity contribution is 5.66. The minimum Gasteiger partial charge on any atom is -0.481 e. The first-order valence-electron chi connectivity index (χ1n) is 7.26. The number of carbonyl (C=O) groups is 1. The smallest absolute Gasteiger partial charge is 0.304 e. The fourth-order valence-corrected chi connectivity index (χ4v) is 2.30. The van der Waals surface area contributed by atoms with Crippen molar-refractivity contribution in [3.63, 3.8) is 0 Å². The molecule has 110 valence electrons. The predicted molar refractivity (Wildman–Crippen MR) is 84.1 cm³/mol. The topological polar surface area (TPSA) is 40.5 Å². The fraction of sp³-hybridized carbons (Fsp3) is 0.278. The minimum absolute atomic E-state index is 0.182. The monoisotopic (exact) mass is 283 g/mol. The molecule has 0 spiro atoms. The Kier molecular flexibility index (Phi) is 5.98. The number of carboxylic acids is 1. The van der Waals surface area contributed by atoms with Gasteiger partial charge in [-0.3, -0.25) is 9.69 Å². The standard InChI is InChI=1S/C18H21NO2/c20-18(21)12-14-19(15-17-9-5-2-6-10-17)13-11-16-7-3-1-4-8-16/h1-10H,11-15H2,(H,20,21). The molecule has 0 radical (unpaired) electrons. The Morgan fingerprint density at radius 1 is 0.857 bits per heavy atom. The van der Waals surface area contributed by atoms with E-state index in [-0.39, 0.29) is 6.42 Å². The van der Waals surface area contributed by atoms with Crippen molar-refractivity contribution in [3.05, 3.63) is 71.8 Å². The molecular formula is C18H21NO2. The van der Waals surface area contributed by atoms with Crippen LogP contribution in [0.25, 0.3) is 0 Å². The van der Waals surface area contributed by atoms with Crippen molar-refractivity contribution in [2.75, 3.05) is 13.1 Å². The van der Waals surface area contributed by atoms with Gasteiger partial charge < -0.3 is 5.11 Å².